The van der Waals surface area contributed by atoms with Crippen molar-refractivity contribution in [2.45, 2.75) is 43.1 Å². The summed E-state index contributed by atoms with van der Waals surface area (Å²) in [7, 11) is -3.51. The highest BCUT2D eigenvalue weighted by atomic mass is 35.5. The van der Waals surface area contributed by atoms with E-state index < -0.39 is 16.0 Å². The first-order chi connectivity index (χ1) is 11.4. The summed E-state index contributed by atoms with van der Waals surface area (Å²) in [5, 5.41) is 9.10. The van der Waals surface area contributed by atoms with Gasteiger partial charge in [0, 0.05) is 11.6 Å². The minimum Gasteiger partial charge on any atom is -0.480 e. The second-order valence-electron chi connectivity index (χ2n) is 5.99. The summed E-state index contributed by atoms with van der Waals surface area (Å²) in [5.41, 5.74) is 0. The fourth-order valence-corrected chi connectivity index (χ4v) is 4.04. The van der Waals surface area contributed by atoms with Crippen molar-refractivity contribution in [3.63, 3.8) is 0 Å². The van der Waals surface area contributed by atoms with Crippen molar-refractivity contribution in [1.82, 2.24) is 4.72 Å². The molecule has 0 spiro atoms. The number of hydrogen-bond donors (Lipinski definition) is 2. The smallest absolute Gasteiger partial charge is 0.329 e. The summed E-state index contributed by atoms with van der Waals surface area (Å²) >= 11 is 5.76. The van der Waals surface area contributed by atoms with Gasteiger partial charge in [-0.25, -0.2) is 17.9 Å². The highest BCUT2D eigenvalue weighted by molar-refractivity contribution is 7.89. The standard InChI is InChI=1S/C16H22ClNO5S/c17-13-3-7-15(8-4-13)24(21,22)18-10-9-12-1-5-14(6-2-12)23-11-16(19)20/h3-4,7-8,12,14,18H,1-2,5-6,9-11H2,(H,19,20). The molecule has 0 amide bonds. The van der Waals surface area contributed by atoms with Gasteiger partial charge < -0.3 is 9.84 Å². The topological polar surface area (TPSA) is 92.7 Å². The molecule has 0 aliphatic heterocycles. The van der Waals surface area contributed by atoms with Gasteiger partial charge in [-0.05, 0) is 62.3 Å². The van der Waals surface area contributed by atoms with Gasteiger partial charge in [0.2, 0.25) is 10.0 Å². The number of ether oxygens (including phenoxy) is 1. The largest absolute Gasteiger partial charge is 0.480 e. The fraction of sp³-hybridized carbons (Fsp3) is 0.562. The van der Waals surface area contributed by atoms with Gasteiger partial charge in [-0.3, -0.25) is 0 Å². The molecule has 1 aliphatic carbocycles. The second-order valence-corrected chi connectivity index (χ2v) is 8.19. The van der Waals surface area contributed by atoms with Crippen molar-refractivity contribution in [3.8, 4) is 0 Å². The number of carbonyl (C=O) groups is 1. The number of hydrogen-bond acceptors (Lipinski definition) is 4. The lowest BCUT2D eigenvalue weighted by atomic mass is 9.85. The second kappa shape index (κ2) is 8.80. The van der Waals surface area contributed by atoms with E-state index in [0.29, 0.717) is 17.5 Å². The molecule has 0 saturated heterocycles. The number of halogens is 1. The summed E-state index contributed by atoms with van der Waals surface area (Å²) in [4.78, 5) is 10.7. The summed E-state index contributed by atoms with van der Waals surface area (Å²) in [6.45, 7) is 0.131. The van der Waals surface area contributed by atoms with Gasteiger partial charge in [0.1, 0.15) is 6.61 Å². The number of rotatable bonds is 8. The van der Waals surface area contributed by atoms with Crippen LogP contribution in [0.4, 0.5) is 0 Å². The van der Waals surface area contributed by atoms with Crippen LogP contribution in [0.25, 0.3) is 0 Å². The van der Waals surface area contributed by atoms with Crippen LogP contribution in [0, 0.1) is 5.92 Å². The summed E-state index contributed by atoms with van der Waals surface area (Å²) in [6, 6.07) is 6.06. The zero-order valence-electron chi connectivity index (χ0n) is 13.3. The zero-order valence-corrected chi connectivity index (χ0v) is 14.9. The third-order valence-electron chi connectivity index (χ3n) is 4.20. The van der Waals surface area contributed by atoms with E-state index >= 15 is 0 Å². The molecular weight excluding hydrogens is 354 g/mol. The minimum atomic E-state index is -3.51. The Morgan fingerprint density at radius 1 is 1.21 bits per heavy atom. The van der Waals surface area contributed by atoms with Gasteiger partial charge in [0.25, 0.3) is 0 Å². The monoisotopic (exact) mass is 375 g/mol. The minimum absolute atomic E-state index is 0.00288. The highest BCUT2D eigenvalue weighted by Crippen LogP contribution is 2.28. The SMILES string of the molecule is O=C(O)COC1CCC(CCNS(=O)(=O)c2ccc(Cl)cc2)CC1. The van der Waals surface area contributed by atoms with E-state index in [0.717, 1.165) is 32.1 Å². The van der Waals surface area contributed by atoms with E-state index in [4.69, 9.17) is 21.4 Å². The first kappa shape index (κ1) is 19.2. The van der Waals surface area contributed by atoms with Crippen LogP contribution in [0.2, 0.25) is 5.02 Å². The third-order valence-corrected chi connectivity index (χ3v) is 5.93. The summed E-state index contributed by atoms with van der Waals surface area (Å²) < 4.78 is 32.2. The lowest BCUT2D eigenvalue weighted by Gasteiger charge is -2.28. The molecule has 2 rings (SSSR count). The molecule has 6 nitrogen and oxygen atoms in total. The van der Waals surface area contributed by atoms with Crippen molar-refractivity contribution in [2.24, 2.45) is 5.92 Å². The Hall–Kier alpha value is -1.15. The van der Waals surface area contributed by atoms with E-state index in [1.54, 1.807) is 12.1 Å². The molecule has 0 radical (unpaired) electrons. The predicted octanol–water partition coefficient (Wildman–Crippen LogP) is 2.67. The quantitative estimate of drug-likeness (QED) is 0.728. The molecular formula is C16H22ClNO5S. The Morgan fingerprint density at radius 3 is 2.42 bits per heavy atom. The van der Waals surface area contributed by atoms with Crippen LogP contribution in [0.5, 0.6) is 0 Å². The Balaban J connectivity index is 1.71. The molecule has 1 aliphatic rings. The maximum Gasteiger partial charge on any atom is 0.329 e. The molecule has 1 aromatic carbocycles. The first-order valence-electron chi connectivity index (χ1n) is 7.95. The molecule has 1 saturated carbocycles. The maximum absolute atomic E-state index is 12.2. The normalized spacial score (nSPS) is 21.5. The van der Waals surface area contributed by atoms with Gasteiger partial charge in [-0.2, -0.15) is 0 Å². The van der Waals surface area contributed by atoms with Gasteiger partial charge in [-0.1, -0.05) is 11.6 Å². The number of carboxylic acids is 1. The molecule has 1 aromatic rings. The van der Waals surface area contributed by atoms with Crippen molar-refractivity contribution >= 4 is 27.6 Å². The Labute approximate surface area is 147 Å². The van der Waals surface area contributed by atoms with Crippen LogP contribution < -0.4 is 4.72 Å². The van der Waals surface area contributed by atoms with E-state index in [1.807, 2.05) is 0 Å². The molecule has 2 N–H and O–H groups in total. The van der Waals surface area contributed by atoms with Crippen molar-refractivity contribution in [1.29, 1.82) is 0 Å². The lowest BCUT2D eigenvalue weighted by Crippen LogP contribution is -2.29. The number of benzene rings is 1. The Bertz CT molecular complexity index is 639. The predicted molar refractivity (Wildman–Crippen MR) is 90.6 cm³/mol. The number of aliphatic carboxylic acids is 1. The molecule has 0 heterocycles. The van der Waals surface area contributed by atoms with Crippen LogP contribution >= 0.6 is 11.6 Å². The molecule has 8 heteroatoms. The number of nitrogens with one attached hydrogen (secondary N) is 1. The highest BCUT2D eigenvalue weighted by Gasteiger charge is 2.22. The molecule has 24 heavy (non-hydrogen) atoms. The maximum atomic E-state index is 12.2. The first-order valence-corrected chi connectivity index (χ1v) is 9.81. The Morgan fingerprint density at radius 2 is 1.83 bits per heavy atom. The summed E-state index contributed by atoms with van der Waals surface area (Å²) in [5.74, 6) is -0.517. The van der Waals surface area contributed by atoms with Crippen LogP contribution in [0.15, 0.2) is 29.2 Å². The third kappa shape index (κ3) is 6.05. The van der Waals surface area contributed by atoms with Gasteiger partial charge in [0.15, 0.2) is 0 Å². The van der Waals surface area contributed by atoms with Crippen LogP contribution in [-0.4, -0.2) is 38.7 Å². The molecule has 134 valence electrons. The molecule has 0 atom stereocenters. The van der Waals surface area contributed by atoms with E-state index in [-0.39, 0.29) is 17.6 Å². The van der Waals surface area contributed by atoms with E-state index in [1.165, 1.54) is 12.1 Å². The number of sulfonamides is 1. The van der Waals surface area contributed by atoms with Crippen LogP contribution in [0.1, 0.15) is 32.1 Å². The molecule has 1 fully saturated rings. The average molecular weight is 376 g/mol. The van der Waals surface area contributed by atoms with Gasteiger partial charge in [0.05, 0.1) is 11.0 Å². The lowest BCUT2D eigenvalue weighted by molar-refractivity contribution is -0.145. The van der Waals surface area contributed by atoms with Gasteiger partial charge in [-0.15, -0.1) is 0 Å². The molecule has 0 unspecified atom stereocenters. The van der Waals surface area contributed by atoms with Crippen molar-refractivity contribution in [2.75, 3.05) is 13.2 Å². The van der Waals surface area contributed by atoms with Crippen molar-refractivity contribution < 1.29 is 23.1 Å². The summed E-state index contributed by atoms with van der Waals surface area (Å²) in [6.07, 6.45) is 4.26. The number of carboxylic acid groups (broad SMARTS) is 1. The Kier molecular flexibility index (Phi) is 7.03. The molecule has 0 bridgehead atoms. The fourth-order valence-electron chi connectivity index (χ4n) is 2.87. The van der Waals surface area contributed by atoms with E-state index in [9.17, 15) is 13.2 Å². The van der Waals surface area contributed by atoms with Gasteiger partial charge >= 0.3 is 5.97 Å². The average Bonchev–Trinajstić information content (AvgIpc) is 2.54. The zero-order chi connectivity index (χ0) is 17.6. The van der Waals surface area contributed by atoms with Crippen LogP contribution in [-0.2, 0) is 19.6 Å². The molecule has 0 aromatic heterocycles. The van der Waals surface area contributed by atoms with E-state index in [2.05, 4.69) is 4.72 Å². The van der Waals surface area contributed by atoms with Crippen LogP contribution in [0.3, 0.4) is 0 Å². The van der Waals surface area contributed by atoms with Crippen molar-refractivity contribution in [3.05, 3.63) is 29.3 Å².